The molecule has 1 atom stereocenters. The highest BCUT2D eigenvalue weighted by Crippen LogP contribution is 2.30. The summed E-state index contributed by atoms with van der Waals surface area (Å²) in [5.74, 6) is 0.470. The molecule has 0 fully saturated rings. The Hall–Kier alpha value is -1.78. The van der Waals surface area contributed by atoms with Crippen LogP contribution in [0, 0.1) is 13.8 Å². The van der Waals surface area contributed by atoms with E-state index in [1.165, 1.54) is 11.8 Å². The van der Waals surface area contributed by atoms with E-state index in [1.54, 1.807) is 0 Å². The van der Waals surface area contributed by atoms with Crippen molar-refractivity contribution in [2.75, 3.05) is 17.7 Å². The summed E-state index contributed by atoms with van der Waals surface area (Å²) >= 11 is 1.45. The van der Waals surface area contributed by atoms with Crippen molar-refractivity contribution in [2.24, 2.45) is 0 Å². The normalized spacial score (nSPS) is 12.0. The monoisotopic (exact) mass is 315 g/mol. The van der Waals surface area contributed by atoms with E-state index in [0.29, 0.717) is 5.75 Å². The minimum absolute atomic E-state index is 0.0571. The highest BCUT2D eigenvalue weighted by molar-refractivity contribution is 8.00. The molecule has 1 unspecified atom stereocenters. The van der Waals surface area contributed by atoms with Gasteiger partial charge in [0.25, 0.3) is 0 Å². The molecule has 0 heterocycles. The van der Waals surface area contributed by atoms with Crippen molar-refractivity contribution in [3.8, 4) is 0 Å². The Kier molecular flexibility index (Phi) is 6.04. The average molecular weight is 315 g/mol. The molecule has 2 rings (SSSR count). The fourth-order valence-corrected chi connectivity index (χ4v) is 3.09. The first-order chi connectivity index (χ1) is 10.6. The number of carbonyl (C=O) groups is 1. The molecule has 0 spiro atoms. The first-order valence-electron chi connectivity index (χ1n) is 7.27. The van der Waals surface area contributed by atoms with Gasteiger partial charge in [0.05, 0.1) is 6.61 Å². The van der Waals surface area contributed by atoms with Gasteiger partial charge < -0.3 is 10.4 Å². The Morgan fingerprint density at radius 2 is 1.91 bits per heavy atom. The van der Waals surface area contributed by atoms with Crippen LogP contribution in [0.25, 0.3) is 0 Å². The van der Waals surface area contributed by atoms with Gasteiger partial charge in [0.2, 0.25) is 5.91 Å². The van der Waals surface area contributed by atoms with Crippen molar-refractivity contribution < 1.29 is 9.90 Å². The molecule has 22 heavy (non-hydrogen) atoms. The van der Waals surface area contributed by atoms with E-state index < -0.39 is 0 Å². The Labute approximate surface area is 135 Å². The molecular weight excluding hydrogens is 294 g/mol. The molecule has 0 saturated heterocycles. The lowest BCUT2D eigenvalue weighted by Gasteiger charge is -2.18. The Morgan fingerprint density at radius 3 is 2.59 bits per heavy atom. The zero-order valence-corrected chi connectivity index (χ0v) is 13.7. The van der Waals surface area contributed by atoms with Crippen molar-refractivity contribution in [3.05, 3.63) is 65.2 Å². The van der Waals surface area contributed by atoms with Crippen LogP contribution in [-0.2, 0) is 4.79 Å². The quantitative estimate of drug-likeness (QED) is 0.854. The van der Waals surface area contributed by atoms with Gasteiger partial charge in [-0.25, -0.2) is 0 Å². The number of carbonyl (C=O) groups excluding carboxylic acids is 1. The molecule has 2 aromatic rings. The lowest BCUT2D eigenvalue weighted by atomic mass is 10.1. The second-order valence-electron chi connectivity index (χ2n) is 5.19. The summed E-state index contributed by atoms with van der Waals surface area (Å²) in [7, 11) is 0. The van der Waals surface area contributed by atoms with E-state index >= 15 is 0 Å². The predicted molar refractivity (Wildman–Crippen MR) is 93.3 cm³/mol. The van der Waals surface area contributed by atoms with Crippen molar-refractivity contribution in [2.45, 2.75) is 19.1 Å². The molecule has 0 bridgehead atoms. The molecule has 0 aromatic heterocycles. The maximum Gasteiger partial charge on any atom is 0.242 e. The van der Waals surface area contributed by atoms with Gasteiger partial charge in [0.1, 0.15) is 5.25 Å². The lowest BCUT2D eigenvalue weighted by Crippen LogP contribution is -2.20. The third-order valence-corrected chi connectivity index (χ3v) is 4.61. The predicted octanol–water partition coefficient (Wildman–Crippen LogP) is 3.71. The average Bonchev–Trinajstić information content (AvgIpc) is 2.52. The summed E-state index contributed by atoms with van der Waals surface area (Å²) < 4.78 is 0. The number of nitrogens with one attached hydrogen (secondary N) is 1. The summed E-state index contributed by atoms with van der Waals surface area (Å²) in [5, 5.41) is 11.8. The van der Waals surface area contributed by atoms with Crippen LogP contribution < -0.4 is 5.32 Å². The second-order valence-corrected chi connectivity index (χ2v) is 6.41. The van der Waals surface area contributed by atoms with Gasteiger partial charge in [-0.15, -0.1) is 11.8 Å². The molecule has 116 valence electrons. The Morgan fingerprint density at radius 1 is 1.18 bits per heavy atom. The summed E-state index contributed by atoms with van der Waals surface area (Å²) in [5.41, 5.74) is 3.94. The molecule has 4 heteroatoms. The van der Waals surface area contributed by atoms with Gasteiger partial charge in [-0.2, -0.15) is 0 Å². The molecule has 0 saturated carbocycles. The van der Waals surface area contributed by atoms with Crippen LogP contribution in [-0.4, -0.2) is 23.4 Å². The molecule has 2 N–H and O–H groups in total. The summed E-state index contributed by atoms with van der Waals surface area (Å²) in [6.07, 6.45) is 0. The smallest absolute Gasteiger partial charge is 0.242 e. The molecule has 0 radical (unpaired) electrons. The number of benzene rings is 2. The minimum atomic E-state index is -0.326. The molecule has 3 nitrogen and oxygen atoms in total. The van der Waals surface area contributed by atoms with Crippen molar-refractivity contribution >= 4 is 23.4 Å². The number of hydrogen-bond donors (Lipinski definition) is 2. The van der Waals surface area contributed by atoms with E-state index in [-0.39, 0.29) is 17.8 Å². The third kappa shape index (κ3) is 4.36. The SMILES string of the molecule is Cc1ccc(C)c(NC(=O)C(SCCO)c2ccccc2)c1. The van der Waals surface area contributed by atoms with Crippen molar-refractivity contribution in [1.82, 2.24) is 0 Å². The van der Waals surface area contributed by atoms with Gasteiger partial charge in [0.15, 0.2) is 0 Å². The number of hydrogen-bond acceptors (Lipinski definition) is 3. The minimum Gasteiger partial charge on any atom is -0.396 e. The lowest BCUT2D eigenvalue weighted by molar-refractivity contribution is -0.115. The molecule has 0 aliphatic heterocycles. The van der Waals surface area contributed by atoms with Crippen LogP contribution in [0.3, 0.4) is 0 Å². The highest BCUT2D eigenvalue weighted by Gasteiger charge is 2.21. The fraction of sp³-hybridized carbons (Fsp3) is 0.278. The zero-order chi connectivity index (χ0) is 15.9. The highest BCUT2D eigenvalue weighted by atomic mass is 32.2. The third-order valence-electron chi connectivity index (χ3n) is 3.37. The van der Waals surface area contributed by atoms with Gasteiger partial charge >= 0.3 is 0 Å². The van der Waals surface area contributed by atoms with Crippen LogP contribution >= 0.6 is 11.8 Å². The number of aliphatic hydroxyl groups is 1. The fourth-order valence-electron chi connectivity index (χ4n) is 2.19. The topological polar surface area (TPSA) is 49.3 Å². The van der Waals surface area contributed by atoms with E-state index in [9.17, 15) is 4.79 Å². The largest absolute Gasteiger partial charge is 0.396 e. The molecule has 0 aliphatic rings. The van der Waals surface area contributed by atoms with Gasteiger partial charge in [0, 0.05) is 11.4 Å². The second kappa shape index (κ2) is 8.01. The van der Waals surface area contributed by atoms with Crippen LogP contribution in [0.1, 0.15) is 21.9 Å². The maximum absolute atomic E-state index is 12.7. The number of amides is 1. The van der Waals surface area contributed by atoms with Crippen molar-refractivity contribution in [1.29, 1.82) is 0 Å². The van der Waals surface area contributed by atoms with Gasteiger partial charge in [-0.3, -0.25) is 4.79 Å². The van der Waals surface area contributed by atoms with Crippen LogP contribution in [0.4, 0.5) is 5.69 Å². The number of thioether (sulfide) groups is 1. The number of aliphatic hydroxyl groups excluding tert-OH is 1. The Balaban J connectivity index is 2.20. The van der Waals surface area contributed by atoms with E-state index in [1.807, 2.05) is 62.4 Å². The van der Waals surface area contributed by atoms with E-state index in [4.69, 9.17) is 5.11 Å². The molecule has 0 aliphatic carbocycles. The van der Waals surface area contributed by atoms with Gasteiger partial charge in [-0.05, 0) is 36.6 Å². The number of anilines is 1. The number of rotatable bonds is 6. The van der Waals surface area contributed by atoms with Crippen LogP contribution in [0.15, 0.2) is 48.5 Å². The molecular formula is C18H21NO2S. The summed E-state index contributed by atoms with van der Waals surface area (Å²) in [6.45, 7) is 4.04. The number of aryl methyl sites for hydroxylation is 2. The maximum atomic E-state index is 12.7. The van der Waals surface area contributed by atoms with E-state index in [0.717, 1.165) is 22.4 Å². The first-order valence-corrected chi connectivity index (χ1v) is 8.32. The standard InChI is InChI=1S/C18H21NO2S/c1-13-8-9-14(2)16(12-13)19-18(21)17(22-11-10-20)15-6-4-3-5-7-15/h3-9,12,17,20H,10-11H2,1-2H3,(H,19,21). The summed E-state index contributed by atoms with van der Waals surface area (Å²) in [6, 6.07) is 15.7. The first kappa shape index (κ1) is 16.6. The van der Waals surface area contributed by atoms with Crippen molar-refractivity contribution in [3.63, 3.8) is 0 Å². The molecule has 1 amide bonds. The zero-order valence-electron chi connectivity index (χ0n) is 12.9. The summed E-state index contributed by atoms with van der Waals surface area (Å²) in [4.78, 5) is 12.7. The van der Waals surface area contributed by atoms with Crippen LogP contribution in [0.2, 0.25) is 0 Å². The van der Waals surface area contributed by atoms with Crippen LogP contribution in [0.5, 0.6) is 0 Å². The Bertz CT molecular complexity index is 628. The van der Waals surface area contributed by atoms with E-state index in [2.05, 4.69) is 5.32 Å². The van der Waals surface area contributed by atoms with Gasteiger partial charge in [-0.1, -0.05) is 42.5 Å². The molecule has 2 aromatic carbocycles.